The summed E-state index contributed by atoms with van der Waals surface area (Å²) in [5, 5.41) is 8.05. The first-order chi connectivity index (χ1) is 16.4. The summed E-state index contributed by atoms with van der Waals surface area (Å²) < 4.78 is 1.85. The van der Waals surface area contributed by atoms with E-state index in [1.54, 1.807) is 11.8 Å². The molecule has 3 heterocycles. The molecule has 0 aliphatic heterocycles. The van der Waals surface area contributed by atoms with Crippen LogP contribution in [-0.2, 0) is 23.4 Å². The van der Waals surface area contributed by atoms with Gasteiger partial charge in [-0.25, -0.2) is 14.5 Å². The lowest BCUT2D eigenvalue weighted by Gasteiger charge is -2.20. The zero-order chi connectivity index (χ0) is 24.2. The minimum Gasteiger partial charge on any atom is -0.274 e. The van der Waals surface area contributed by atoms with Crippen molar-refractivity contribution >= 4 is 45.6 Å². The van der Waals surface area contributed by atoms with Gasteiger partial charge in [-0.15, -0.1) is 16.4 Å². The maximum atomic E-state index is 12.5. The highest BCUT2D eigenvalue weighted by Crippen LogP contribution is 2.33. The van der Waals surface area contributed by atoms with Gasteiger partial charge < -0.3 is 0 Å². The van der Waals surface area contributed by atoms with E-state index in [-0.39, 0.29) is 5.91 Å². The van der Waals surface area contributed by atoms with Crippen molar-refractivity contribution in [2.45, 2.75) is 71.2 Å². The van der Waals surface area contributed by atoms with Crippen LogP contribution in [0.5, 0.6) is 0 Å². The number of rotatable bonds is 9. The van der Waals surface area contributed by atoms with Crippen LogP contribution in [0.3, 0.4) is 0 Å². The lowest BCUT2D eigenvalue weighted by Crippen LogP contribution is -2.23. The van der Waals surface area contributed by atoms with E-state index in [1.807, 2.05) is 35.0 Å². The number of thioether (sulfide) groups is 1. The van der Waals surface area contributed by atoms with Crippen LogP contribution in [0, 0.1) is 13.8 Å². The first-order valence-corrected chi connectivity index (χ1v) is 13.5. The molecule has 0 atom stereocenters. The van der Waals surface area contributed by atoms with Crippen LogP contribution < -0.4 is 4.90 Å². The monoisotopic (exact) mass is 494 g/mol. The summed E-state index contributed by atoms with van der Waals surface area (Å²) in [6.07, 6.45) is 4.14. The molecule has 0 N–H and O–H groups in total. The maximum absolute atomic E-state index is 12.5. The summed E-state index contributed by atoms with van der Waals surface area (Å²) in [6, 6.07) is 7.98. The smallest absolute Gasteiger partial charge is 0.253 e. The molecule has 0 spiro atoms. The van der Waals surface area contributed by atoms with Crippen LogP contribution in [-0.4, -0.2) is 30.5 Å². The minimum atomic E-state index is -0.0488. The molecular weight excluding hydrogens is 464 g/mol. The third-order valence-corrected chi connectivity index (χ3v) is 7.56. The third-order valence-electron chi connectivity index (χ3n) is 5.82. The average Bonchev–Trinajstić information content (AvgIpc) is 3.45. The molecule has 0 bridgehead atoms. The lowest BCUT2D eigenvalue weighted by molar-refractivity contribution is -0.115. The topological polar surface area (TPSA) is 76.3 Å². The summed E-state index contributed by atoms with van der Waals surface area (Å²) in [7, 11) is 0. The number of para-hydroxylation sites is 1. The third kappa shape index (κ3) is 5.00. The van der Waals surface area contributed by atoms with Gasteiger partial charge >= 0.3 is 0 Å². The van der Waals surface area contributed by atoms with Crippen molar-refractivity contribution in [2.24, 2.45) is 0 Å². The van der Waals surface area contributed by atoms with Crippen molar-refractivity contribution in [3.8, 4) is 0 Å². The van der Waals surface area contributed by atoms with E-state index in [2.05, 4.69) is 36.8 Å². The van der Waals surface area contributed by atoms with E-state index in [0.717, 1.165) is 54.0 Å². The van der Waals surface area contributed by atoms with E-state index in [9.17, 15) is 4.79 Å². The SMILES string of the molecule is CCCCc1c(C)nc2nc(SCc3csc(N(C(C)=O)c4ccccc4CC)n3)nn2c1C. The Hall–Kier alpha value is -2.78. The highest BCUT2D eigenvalue weighted by atomic mass is 32.2. The molecule has 0 unspecified atom stereocenters. The first-order valence-electron chi connectivity index (χ1n) is 11.6. The zero-order valence-electron chi connectivity index (χ0n) is 20.3. The first kappa shape index (κ1) is 24.3. The molecule has 0 fully saturated rings. The number of hydrogen-bond acceptors (Lipinski definition) is 7. The summed E-state index contributed by atoms with van der Waals surface area (Å²) >= 11 is 3.01. The molecule has 3 aromatic heterocycles. The molecule has 34 heavy (non-hydrogen) atoms. The molecule has 0 radical (unpaired) electrons. The molecule has 0 saturated carbocycles. The van der Waals surface area contributed by atoms with E-state index >= 15 is 0 Å². The Bertz CT molecular complexity index is 1310. The fraction of sp³-hybridized carbons (Fsp3) is 0.400. The molecule has 0 aliphatic carbocycles. The Morgan fingerprint density at radius 1 is 1.15 bits per heavy atom. The van der Waals surface area contributed by atoms with Crippen molar-refractivity contribution in [3.05, 3.63) is 57.9 Å². The van der Waals surface area contributed by atoms with E-state index in [0.29, 0.717) is 21.8 Å². The van der Waals surface area contributed by atoms with E-state index in [4.69, 9.17) is 10.1 Å². The van der Waals surface area contributed by atoms with Gasteiger partial charge in [0, 0.05) is 29.4 Å². The van der Waals surface area contributed by atoms with Crippen molar-refractivity contribution in [2.75, 3.05) is 4.90 Å². The fourth-order valence-electron chi connectivity index (χ4n) is 4.01. The number of nitrogens with zero attached hydrogens (tertiary/aromatic N) is 6. The Morgan fingerprint density at radius 3 is 2.68 bits per heavy atom. The standard InChI is InChI=1S/C25H30N6OS2/c1-6-8-12-21-16(3)26-23-28-24(29-31(23)17(21)4)33-14-20-15-34-25(27-20)30(18(5)32)22-13-10-9-11-19(22)7-2/h9-11,13,15H,6-8,12,14H2,1-5H3. The van der Waals surface area contributed by atoms with Gasteiger partial charge in [0.1, 0.15) is 0 Å². The van der Waals surface area contributed by atoms with Gasteiger partial charge in [0.05, 0.1) is 11.4 Å². The lowest BCUT2D eigenvalue weighted by atomic mass is 10.1. The van der Waals surface area contributed by atoms with Crippen LogP contribution in [0.25, 0.3) is 5.78 Å². The maximum Gasteiger partial charge on any atom is 0.253 e. The van der Waals surface area contributed by atoms with Crippen molar-refractivity contribution < 1.29 is 4.79 Å². The van der Waals surface area contributed by atoms with Gasteiger partial charge in [-0.2, -0.15) is 4.98 Å². The summed E-state index contributed by atoms with van der Waals surface area (Å²) in [4.78, 5) is 28.3. The molecule has 1 aromatic carbocycles. The molecule has 4 rings (SSSR count). The molecule has 0 aliphatic rings. The highest BCUT2D eigenvalue weighted by Gasteiger charge is 2.20. The second-order valence-electron chi connectivity index (χ2n) is 8.22. The second-order valence-corrected chi connectivity index (χ2v) is 10.00. The highest BCUT2D eigenvalue weighted by molar-refractivity contribution is 7.98. The van der Waals surface area contributed by atoms with E-state index in [1.165, 1.54) is 28.7 Å². The van der Waals surface area contributed by atoms with Crippen LogP contribution in [0.15, 0.2) is 34.8 Å². The van der Waals surface area contributed by atoms with Gasteiger partial charge in [0.15, 0.2) is 5.13 Å². The number of carbonyl (C=O) groups is 1. The number of carbonyl (C=O) groups excluding carboxylic acids is 1. The van der Waals surface area contributed by atoms with Crippen molar-refractivity contribution in [1.82, 2.24) is 24.6 Å². The number of fused-ring (bicyclic) bond motifs is 1. The van der Waals surface area contributed by atoms with Crippen molar-refractivity contribution in [1.29, 1.82) is 0 Å². The number of thiazole rings is 1. The molecule has 178 valence electrons. The Balaban J connectivity index is 1.53. The minimum absolute atomic E-state index is 0.0488. The van der Waals surface area contributed by atoms with Crippen LogP contribution >= 0.6 is 23.1 Å². The number of aromatic nitrogens is 5. The molecule has 9 heteroatoms. The molecule has 0 saturated heterocycles. The number of amides is 1. The molecule has 7 nitrogen and oxygen atoms in total. The zero-order valence-corrected chi connectivity index (χ0v) is 22.0. The Kier molecular flexibility index (Phi) is 7.63. The predicted molar refractivity (Wildman–Crippen MR) is 139 cm³/mol. The van der Waals surface area contributed by atoms with Crippen LogP contribution in [0.2, 0.25) is 0 Å². The van der Waals surface area contributed by atoms with Gasteiger partial charge in [-0.1, -0.05) is 50.2 Å². The van der Waals surface area contributed by atoms with E-state index < -0.39 is 0 Å². The number of unbranched alkanes of at least 4 members (excludes halogenated alkanes) is 1. The summed E-state index contributed by atoms with van der Waals surface area (Å²) in [6.45, 7) is 10.0. The van der Waals surface area contributed by atoms with Crippen LogP contribution in [0.4, 0.5) is 10.8 Å². The van der Waals surface area contributed by atoms with Gasteiger partial charge in [-0.05, 0) is 50.3 Å². The summed E-state index contributed by atoms with van der Waals surface area (Å²) in [5.41, 5.74) is 6.31. The second kappa shape index (κ2) is 10.7. The van der Waals surface area contributed by atoms with Crippen LogP contribution in [0.1, 0.15) is 61.8 Å². The predicted octanol–water partition coefficient (Wildman–Crippen LogP) is 6.08. The number of hydrogen-bond donors (Lipinski definition) is 0. The molecular formula is C25H30N6OS2. The van der Waals surface area contributed by atoms with Gasteiger partial charge in [0.25, 0.3) is 5.78 Å². The quantitative estimate of drug-likeness (QED) is 0.263. The molecule has 4 aromatic rings. The fourth-order valence-corrected chi connectivity index (χ4v) is 5.70. The number of benzene rings is 1. The number of anilines is 2. The Labute approximate surface area is 208 Å². The summed E-state index contributed by atoms with van der Waals surface area (Å²) in [5.74, 6) is 1.21. The largest absolute Gasteiger partial charge is 0.274 e. The number of aryl methyl sites for hydroxylation is 3. The van der Waals surface area contributed by atoms with Crippen molar-refractivity contribution in [3.63, 3.8) is 0 Å². The normalized spacial score (nSPS) is 11.3. The van der Waals surface area contributed by atoms with Gasteiger partial charge in [-0.3, -0.25) is 9.69 Å². The molecule has 1 amide bonds. The Morgan fingerprint density at radius 2 is 1.94 bits per heavy atom. The van der Waals surface area contributed by atoms with Gasteiger partial charge in [0.2, 0.25) is 11.1 Å². The average molecular weight is 495 g/mol.